The molecule has 1 fully saturated rings. The molecule has 2 amide bonds. The van der Waals surface area contributed by atoms with Gasteiger partial charge in [0.05, 0.1) is 17.1 Å². The quantitative estimate of drug-likeness (QED) is 0.354. The highest BCUT2D eigenvalue weighted by molar-refractivity contribution is 8.26. The zero-order chi connectivity index (χ0) is 22.4. The Morgan fingerprint density at radius 2 is 1.97 bits per heavy atom. The van der Waals surface area contributed by atoms with Gasteiger partial charge in [-0.25, -0.2) is 4.79 Å². The third kappa shape index (κ3) is 6.30. The predicted molar refractivity (Wildman–Crippen MR) is 124 cm³/mol. The molecule has 0 bridgehead atoms. The Balaban J connectivity index is 1.64. The number of carbonyl (C=O) groups excluding carboxylic acids is 3. The van der Waals surface area contributed by atoms with Gasteiger partial charge in [0.15, 0.2) is 6.61 Å². The number of hydrogen-bond acceptors (Lipinski definition) is 7. The summed E-state index contributed by atoms with van der Waals surface area (Å²) in [6.07, 6.45) is 1.60. The second-order valence-corrected chi connectivity index (χ2v) is 8.32. The van der Waals surface area contributed by atoms with E-state index in [2.05, 4.69) is 10.6 Å². The largest absolute Gasteiger partial charge is 0.483 e. The van der Waals surface area contributed by atoms with Crippen molar-refractivity contribution in [2.45, 2.75) is 6.92 Å². The van der Waals surface area contributed by atoms with Crippen LogP contribution in [0, 0.1) is 0 Å². The Hall–Kier alpha value is -2.88. The average Bonchev–Trinajstić information content (AvgIpc) is 3.05. The van der Waals surface area contributed by atoms with Crippen LogP contribution in [0.1, 0.15) is 22.8 Å². The molecule has 0 radical (unpaired) electrons. The van der Waals surface area contributed by atoms with Crippen LogP contribution in [0.25, 0.3) is 6.08 Å². The van der Waals surface area contributed by atoms with Crippen LogP contribution in [0.15, 0.2) is 47.4 Å². The maximum Gasteiger partial charge on any atom is 0.338 e. The Bertz CT molecular complexity index is 1070. The number of benzene rings is 2. The molecule has 0 aliphatic carbocycles. The second kappa shape index (κ2) is 10.4. The monoisotopic (exact) mass is 476 g/mol. The first kappa shape index (κ1) is 22.8. The van der Waals surface area contributed by atoms with Crippen LogP contribution in [-0.4, -0.2) is 35.3 Å². The van der Waals surface area contributed by atoms with Crippen LogP contribution in [0.4, 0.5) is 5.69 Å². The summed E-state index contributed by atoms with van der Waals surface area (Å²) in [4.78, 5) is 36.3. The molecule has 1 aliphatic rings. The lowest BCUT2D eigenvalue weighted by atomic mass is 10.2. The van der Waals surface area contributed by atoms with Gasteiger partial charge in [0.2, 0.25) is 0 Å². The van der Waals surface area contributed by atoms with Crippen molar-refractivity contribution in [3.63, 3.8) is 0 Å². The summed E-state index contributed by atoms with van der Waals surface area (Å²) < 4.78 is 10.9. The fourth-order valence-electron chi connectivity index (χ4n) is 2.57. The van der Waals surface area contributed by atoms with Crippen LogP contribution in [0.2, 0.25) is 5.02 Å². The zero-order valence-electron chi connectivity index (χ0n) is 16.3. The number of thiocarbonyl (C=S) groups is 1. The first-order valence-corrected chi connectivity index (χ1v) is 10.7. The number of halogens is 1. The van der Waals surface area contributed by atoms with Gasteiger partial charge in [-0.15, -0.1) is 0 Å². The van der Waals surface area contributed by atoms with Gasteiger partial charge in [-0.05, 0) is 55.5 Å². The molecular formula is C21H17ClN2O5S2. The molecule has 0 atom stereocenters. The van der Waals surface area contributed by atoms with Crippen LogP contribution >= 0.6 is 35.6 Å². The standard InChI is InChI=1S/C21H17ClN2O5S2/c1-2-28-20(27)12-3-6-15(7-4-12)23-18(25)11-29-16-8-5-14(22)9-13(16)10-17-19(26)24-21(30)31-17/h3-10H,2,11H2,1H3,(H,23,25)(H,24,26,30)/b17-10-. The number of hydrogen-bond donors (Lipinski definition) is 2. The normalized spacial score (nSPS) is 14.3. The fourth-order valence-corrected chi connectivity index (χ4v) is 3.79. The average molecular weight is 477 g/mol. The highest BCUT2D eigenvalue weighted by Crippen LogP contribution is 2.31. The van der Waals surface area contributed by atoms with E-state index in [4.69, 9.17) is 33.3 Å². The van der Waals surface area contributed by atoms with E-state index in [-0.39, 0.29) is 19.1 Å². The van der Waals surface area contributed by atoms with Gasteiger partial charge in [0, 0.05) is 16.3 Å². The highest BCUT2D eigenvalue weighted by atomic mass is 35.5. The molecule has 31 heavy (non-hydrogen) atoms. The third-order valence-electron chi connectivity index (χ3n) is 3.94. The lowest BCUT2D eigenvalue weighted by Gasteiger charge is -2.11. The summed E-state index contributed by atoms with van der Waals surface area (Å²) in [6, 6.07) is 11.2. The van der Waals surface area contributed by atoms with E-state index in [1.165, 1.54) is 0 Å². The van der Waals surface area contributed by atoms with Gasteiger partial charge < -0.3 is 20.1 Å². The smallest absolute Gasteiger partial charge is 0.338 e. The number of rotatable bonds is 7. The molecule has 10 heteroatoms. The van der Waals surface area contributed by atoms with E-state index < -0.39 is 11.9 Å². The van der Waals surface area contributed by atoms with Crippen molar-refractivity contribution in [1.29, 1.82) is 0 Å². The number of thioether (sulfide) groups is 1. The molecule has 1 saturated heterocycles. The molecule has 0 saturated carbocycles. The molecule has 3 rings (SSSR count). The summed E-state index contributed by atoms with van der Waals surface area (Å²) in [5.41, 5.74) is 1.44. The van der Waals surface area contributed by atoms with Crippen molar-refractivity contribution < 1.29 is 23.9 Å². The van der Waals surface area contributed by atoms with Crippen molar-refractivity contribution in [3.05, 3.63) is 63.5 Å². The molecule has 0 spiro atoms. The summed E-state index contributed by atoms with van der Waals surface area (Å²) in [5, 5.41) is 5.68. The molecule has 2 N–H and O–H groups in total. The molecule has 1 aliphatic heterocycles. The minimum absolute atomic E-state index is 0.269. The van der Waals surface area contributed by atoms with E-state index in [1.54, 1.807) is 55.5 Å². The number of esters is 1. The Morgan fingerprint density at radius 3 is 2.61 bits per heavy atom. The Labute approximate surface area is 193 Å². The first-order chi connectivity index (χ1) is 14.9. The molecule has 7 nitrogen and oxygen atoms in total. The number of anilines is 1. The molecule has 160 valence electrons. The van der Waals surface area contributed by atoms with Crippen LogP contribution in [-0.2, 0) is 14.3 Å². The summed E-state index contributed by atoms with van der Waals surface area (Å²) in [6.45, 7) is 1.74. The summed E-state index contributed by atoms with van der Waals surface area (Å²) in [5.74, 6) is -0.740. The summed E-state index contributed by atoms with van der Waals surface area (Å²) in [7, 11) is 0. The van der Waals surface area contributed by atoms with Crippen LogP contribution in [0.5, 0.6) is 5.75 Å². The SMILES string of the molecule is CCOC(=O)c1ccc(NC(=O)COc2ccc(Cl)cc2/C=C2\SC(=S)NC2=O)cc1. The van der Waals surface area contributed by atoms with Gasteiger partial charge in [-0.1, -0.05) is 35.6 Å². The summed E-state index contributed by atoms with van der Waals surface area (Å²) >= 11 is 12.2. The minimum atomic E-state index is -0.428. The highest BCUT2D eigenvalue weighted by Gasteiger charge is 2.22. The van der Waals surface area contributed by atoms with Gasteiger partial charge in [-0.2, -0.15) is 0 Å². The molecular weight excluding hydrogens is 460 g/mol. The van der Waals surface area contributed by atoms with E-state index in [0.29, 0.717) is 36.8 Å². The van der Waals surface area contributed by atoms with E-state index in [9.17, 15) is 14.4 Å². The zero-order valence-corrected chi connectivity index (χ0v) is 18.7. The molecule has 1 heterocycles. The van der Waals surface area contributed by atoms with Gasteiger partial charge in [0.1, 0.15) is 10.1 Å². The van der Waals surface area contributed by atoms with Crippen molar-refractivity contribution >= 4 is 69.4 Å². The van der Waals surface area contributed by atoms with E-state index in [1.807, 2.05) is 0 Å². The second-order valence-electron chi connectivity index (χ2n) is 6.17. The topological polar surface area (TPSA) is 93.7 Å². The number of nitrogens with one attached hydrogen (secondary N) is 2. The maximum atomic E-state index is 12.3. The van der Waals surface area contributed by atoms with Crippen molar-refractivity contribution in [2.24, 2.45) is 0 Å². The molecule has 2 aromatic carbocycles. The van der Waals surface area contributed by atoms with Gasteiger partial charge >= 0.3 is 5.97 Å². The van der Waals surface area contributed by atoms with Crippen molar-refractivity contribution in [3.8, 4) is 5.75 Å². The lowest BCUT2D eigenvalue weighted by Crippen LogP contribution is -2.20. The van der Waals surface area contributed by atoms with E-state index in [0.717, 1.165) is 11.8 Å². The van der Waals surface area contributed by atoms with Crippen LogP contribution < -0.4 is 15.4 Å². The minimum Gasteiger partial charge on any atom is -0.483 e. The molecule has 2 aromatic rings. The molecule has 0 aromatic heterocycles. The van der Waals surface area contributed by atoms with Crippen molar-refractivity contribution in [1.82, 2.24) is 5.32 Å². The maximum absolute atomic E-state index is 12.3. The van der Waals surface area contributed by atoms with E-state index >= 15 is 0 Å². The molecule has 0 unspecified atom stereocenters. The van der Waals surface area contributed by atoms with Crippen molar-refractivity contribution in [2.75, 3.05) is 18.5 Å². The Kier molecular flexibility index (Phi) is 7.67. The first-order valence-electron chi connectivity index (χ1n) is 9.10. The van der Waals surface area contributed by atoms with Gasteiger partial charge in [0.25, 0.3) is 11.8 Å². The number of amides is 2. The fraction of sp³-hybridized carbons (Fsp3) is 0.143. The Morgan fingerprint density at radius 1 is 1.23 bits per heavy atom. The van der Waals surface area contributed by atoms with Crippen LogP contribution in [0.3, 0.4) is 0 Å². The number of ether oxygens (including phenoxy) is 2. The predicted octanol–water partition coefficient (Wildman–Crippen LogP) is 4.02. The lowest BCUT2D eigenvalue weighted by molar-refractivity contribution is -0.118. The van der Waals surface area contributed by atoms with Gasteiger partial charge in [-0.3, -0.25) is 9.59 Å². The number of carbonyl (C=O) groups is 3. The third-order valence-corrected chi connectivity index (χ3v) is 5.34.